The Morgan fingerprint density at radius 3 is 2.76 bits per heavy atom. The fourth-order valence-electron chi connectivity index (χ4n) is 4.42. The number of H-pyrrole nitrogens is 1. The Morgan fingerprint density at radius 1 is 1.21 bits per heavy atom. The minimum atomic E-state index is -1.30. The van der Waals surface area contributed by atoms with Crippen LogP contribution in [0, 0.1) is 5.82 Å². The second kappa shape index (κ2) is 7.39. The molecule has 0 unspecified atom stereocenters. The van der Waals surface area contributed by atoms with Crippen LogP contribution in [-0.4, -0.2) is 27.4 Å². The van der Waals surface area contributed by atoms with Gasteiger partial charge in [0.05, 0.1) is 34.7 Å². The van der Waals surface area contributed by atoms with E-state index in [2.05, 4.69) is 4.98 Å². The van der Waals surface area contributed by atoms with Gasteiger partial charge in [0, 0.05) is 22.8 Å². The highest BCUT2D eigenvalue weighted by atomic mass is 35.5. The molecule has 2 N–H and O–H groups in total. The number of pyridine rings is 1. The Kier molecular flexibility index (Phi) is 4.43. The molecule has 0 saturated heterocycles. The molecule has 10 heteroatoms. The Bertz CT molecular complexity index is 1700. The first-order valence-corrected chi connectivity index (χ1v) is 10.5. The van der Waals surface area contributed by atoms with E-state index in [1.807, 2.05) is 0 Å². The summed E-state index contributed by atoms with van der Waals surface area (Å²) in [7, 11) is 0. The van der Waals surface area contributed by atoms with Gasteiger partial charge in [-0.15, -0.1) is 0 Å². The second-order valence-corrected chi connectivity index (χ2v) is 8.15. The highest BCUT2D eigenvalue weighted by Gasteiger charge is 2.29. The third-order valence-corrected chi connectivity index (χ3v) is 6.23. The van der Waals surface area contributed by atoms with Crippen molar-refractivity contribution in [2.75, 3.05) is 6.79 Å². The van der Waals surface area contributed by atoms with Crippen LogP contribution in [-0.2, 0) is 6.54 Å². The number of carboxylic acids is 1. The van der Waals surface area contributed by atoms with Crippen molar-refractivity contribution in [1.82, 2.24) is 9.55 Å². The number of carbonyl (C=O) groups is 1. The maximum atomic E-state index is 15.0. The zero-order valence-corrected chi connectivity index (χ0v) is 18.0. The highest BCUT2D eigenvalue weighted by Crippen LogP contribution is 2.42. The van der Waals surface area contributed by atoms with Crippen LogP contribution in [0.4, 0.5) is 4.39 Å². The van der Waals surface area contributed by atoms with Crippen molar-refractivity contribution in [3.05, 3.63) is 81.3 Å². The van der Waals surface area contributed by atoms with Crippen molar-refractivity contribution >= 4 is 39.4 Å². The van der Waals surface area contributed by atoms with Gasteiger partial charge in [0.15, 0.2) is 11.5 Å². The lowest BCUT2D eigenvalue weighted by molar-refractivity contribution is 0.0687. The number of nitrogens with one attached hydrogen (secondary N) is 1. The van der Waals surface area contributed by atoms with Crippen molar-refractivity contribution < 1.29 is 28.2 Å². The summed E-state index contributed by atoms with van der Waals surface area (Å²) in [6.45, 7) is 0.00849. The number of aromatic nitrogens is 2. The fraction of sp³-hybridized carbons (Fsp3) is 0.0833. The van der Waals surface area contributed by atoms with Crippen LogP contribution in [0.15, 0.2) is 58.1 Å². The van der Waals surface area contributed by atoms with E-state index in [4.69, 9.17) is 25.5 Å². The molecular weight excluding hydrogens is 467 g/mol. The molecule has 6 rings (SSSR count). The number of halogens is 2. The van der Waals surface area contributed by atoms with Crippen molar-refractivity contribution in [3.63, 3.8) is 0 Å². The van der Waals surface area contributed by atoms with E-state index in [-0.39, 0.29) is 46.6 Å². The number of rotatable bonds is 4. The van der Waals surface area contributed by atoms with Crippen LogP contribution >= 0.6 is 11.6 Å². The SMILES string of the molecule is O=C(O)c1c(-c2ccc[nH]c2=O)c2c3occc3c(F)cc2n1Cc1cc2c(cc1Cl)OCO2. The number of hydrogen-bond acceptors (Lipinski definition) is 5. The predicted octanol–water partition coefficient (Wildman–Crippen LogP) is 5.01. The van der Waals surface area contributed by atoms with Gasteiger partial charge in [-0.2, -0.15) is 0 Å². The van der Waals surface area contributed by atoms with E-state index in [0.29, 0.717) is 27.5 Å². The van der Waals surface area contributed by atoms with Gasteiger partial charge in [0.25, 0.3) is 5.56 Å². The molecule has 0 bridgehead atoms. The summed E-state index contributed by atoms with van der Waals surface area (Å²) in [4.78, 5) is 27.9. The Balaban J connectivity index is 1.72. The van der Waals surface area contributed by atoms with Gasteiger partial charge >= 0.3 is 5.97 Å². The molecule has 0 aliphatic carbocycles. The van der Waals surface area contributed by atoms with Crippen molar-refractivity contribution in [1.29, 1.82) is 0 Å². The molecule has 5 aromatic rings. The van der Waals surface area contributed by atoms with E-state index >= 15 is 0 Å². The molecule has 0 atom stereocenters. The van der Waals surface area contributed by atoms with E-state index in [1.54, 1.807) is 18.2 Å². The van der Waals surface area contributed by atoms with Crippen LogP contribution in [0.1, 0.15) is 16.1 Å². The summed E-state index contributed by atoms with van der Waals surface area (Å²) in [5.74, 6) is -0.944. The van der Waals surface area contributed by atoms with Gasteiger partial charge in [-0.3, -0.25) is 4.79 Å². The van der Waals surface area contributed by atoms with Crippen molar-refractivity contribution in [3.8, 4) is 22.6 Å². The van der Waals surface area contributed by atoms with E-state index in [0.717, 1.165) is 0 Å². The van der Waals surface area contributed by atoms with Gasteiger partial charge in [-0.1, -0.05) is 11.6 Å². The average Bonchev–Trinajstić information content (AvgIpc) is 3.52. The number of ether oxygens (including phenoxy) is 2. The quantitative estimate of drug-likeness (QED) is 0.374. The van der Waals surface area contributed by atoms with Crippen LogP contribution in [0.3, 0.4) is 0 Å². The van der Waals surface area contributed by atoms with Crippen LogP contribution in [0.25, 0.3) is 33.0 Å². The minimum absolute atomic E-state index is 0.0377. The lowest BCUT2D eigenvalue weighted by Crippen LogP contribution is -2.13. The average molecular weight is 481 g/mol. The molecule has 1 aliphatic heterocycles. The molecule has 0 fully saturated rings. The molecule has 2 aromatic carbocycles. The standard InChI is InChI=1S/C24H14ClFN2O6/c25-14-7-18-17(33-10-34-18)6-11(14)9-28-16-8-15(26)12-3-5-32-22(12)20(16)19(21(28)24(30)31)13-2-1-4-27-23(13)29/h1-8H,9-10H2,(H,27,29)(H,30,31). The van der Waals surface area contributed by atoms with Gasteiger partial charge < -0.3 is 28.5 Å². The molecule has 0 spiro atoms. The van der Waals surface area contributed by atoms with Gasteiger partial charge in [-0.05, 0) is 35.9 Å². The summed E-state index contributed by atoms with van der Waals surface area (Å²) in [6, 6.07) is 9.02. The van der Waals surface area contributed by atoms with Crippen LogP contribution in [0.2, 0.25) is 5.02 Å². The first kappa shape index (κ1) is 20.4. The third kappa shape index (κ3) is 2.90. The molecule has 4 heterocycles. The van der Waals surface area contributed by atoms with E-state index < -0.39 is 17.3 Å². The number of benzene rings is 2. The molecule has 34 heavy (non-hydrogen) atoms. The van der Waals surface area contributed by atoms with Gasteiger partial charge in [-0.25, -0.2) is 9.18 Å². The second-order valence-electron chi connectivity index (χ2n) is 7.74. The summed E-state index contributed by atoms with van der Waals surface area (Å²) in [5, 5.41) is 11.1. The molecule has 1 aliphatic rings. The summed E-state index contributed by atoms with van der Waals surface area (Å²) in [5.41, 5.74) is 0.457. The van der Waals surface area contributed by atoms with Crippen LogP contribution in [0.5, 0.6) is 11.5 Å². The minimum Gasteiger partial charge on any atom is -0.477 e. The zero-order chi connectivity index (χ0) is 23.6. The summed E-state index contributed by atoms with van der Waals surface area (Å²) < 4.78 is 32.8. The van der Waals surface area contributed by atoms with E-state index in [9.17, 15) is 19.1 Å². The molecule has 8 nitrogen and oxygen atoms in total. The van der Waals surface area contributed by atoms with Crippen LogP contribution < -0.4 is 15.0 Å². The number of aromatic carboxylic acids is 1. The number of hydrogen-bond donors (Lipinski definition) is 2. The van der Waals surface area contributed by atoms with Crippen molar-refractivity contribution in [2.24, 2.45) is 0 Å². The maximum absolute atomic E-state index is 15.0. The maximum Gasteiger partial charge on any atom is 0.353 e. The molecular formula is C24H14ClFN2O6. The Labute approximate surface area is 194 Å². The largest absolute Gasteiger partial charge is 0.477 e. The molecule has 0 amide bonds. The molecule has 0 saturated carbocycles. The van der Waals surface area contributed by atoms with E-state index in [1.165, 1.54) is 35.2 Å². The third-order valence-electron chi connectivity index (χ3n) is 5.88. The topological polar surface area (TPSA) is 107 Å². The Morgan fingerprint density at radius 2 is 2.00 bits per heavy atom. The lowest BCUT2D eigenvalue weighted by atomic mass is 10.0. The number of fused-ring (bicyclic) bond motifs is 4. The highest BCUT2D eigenvalue weighted by molar-refractivity contribution is 6.31. The Hall–Kier alpha value is -4.24. The lowest BCUT2D eigenvalue weighted by Gasteiger charge is -2.12. The smallest absolute Gasteiger partial charge is 0.353 e. The summed E-state index contributed by atoms with van der Waals surface area (Å²) >= 11 is 6.45. The number of carboxylic acid groups (broad SMARTS) is 1. The molecule has 170 valence electrons. The molecule has 0 radical (unpaired) electrons. The predicted molar refractivity (Wildman–Crippen MR) is 121 cm³/mol. The first-order chi connectivity index (χ1) is 16.4. The normalized spacial score (nSPS) is 12.6. The van der Waals surface area contributed by atoms with Gasteiger partial charge in [0.2, 0.25) is 6.79 Å². The van der Waals surface area contributed by atoms with Crippen molar-refractivity contribution in [2.45, 2.75) is 6.54 Å². The summed E-state index contributed by atoms with van der Waals surface area (Å²) in [6.07, 6.45) is 2.76. The van der Waals surface area contributed by atoms with Gasteiger partial charge in [0.1, 0.15) is 17.1 Å². The number of nitrogens with zero attached hydrogens (tertiary/aromatic N) is 1. The fourth-order valence-corrected chi connectivity index (χ4v) is 4.64. The monoisotopic (exact) mass is 480 g/mol. The first-order valence-electron chi connectivity index (χ1n) is 10.2. The number of aromatic amines is 1. The molecule has 3 aromatic heterocycles. The number of furan rings is 1. The zero-order valence-electron chi connectivity index (χ0n) is 17.2.